The Morgan fingerprint density at radius 2 is 1.97 bits per heavy atom. The third-order valence-corrected chi connectivity index (χ3v) is 8.04. The average molecular weight is 426 g/mol. The molecule has 2 aliphatic rings. The summed E-state index contributed by atoms with van der Waals surface area (Å²) in [5, 5.41) is 3.11. The monoisotopic (exact) mass is 425 g/mol. The lowest BCUT2D eigenvalue weighted by Gasteiger charge is -2.28. The van der Waals surface area contributed by atoms with Gasteiger partial charge in [0.05, 0.1) is 16.3 Å². The normalized spacial score (nSPS) is 19.0. The largest absolute Gasteiger partial charge is 0.338 e. The number of aromatic nitrogens is 1. The van der Waals surface area contributed by atoms with Gasteiger partial charge in [0.2, 0.25) is 11.8 Å². The molecule has 1 aromatic carbocycles. The number of amides is 2. The smallest absolute Gasteiger partial charge is 0.223 e. The highest BCUT2D eigenvalue weighted by Crippen LogP contribution is 2.37. The molecule has 0 N–H and O–H groups in total. The van der Waals surface area contributed by atoms with Crippen LogP contribution in [0.5, 0.6) is 0 Å². The second-order valence-corrected chi connectivity index (χ2v) is 9.76. The van der Waals surface area contributed by atoms with Gasteiger partial charge in [0.1, 0.15) is 5.01 Å². The van der Waals surface area contributed by atoms with Crippen molar-refractivity contribution in [3.8, 4) is 0 Å². The van der Waals surface area contributed by atoms with Crippen molar-refractivity contribution in [1.29, 1.82) is 0 Å². The Hall–Kier alpha value is -2.25. The lowest BCUT2D eigenvalue weighted by molar-refractivity contribution is -0.138. The van der Waals surface area contributed by atoms with Crippen LogP contribution in [0.1, 0.15) is 47.2 Å². The Kier molecular flexibility index (Phi) is 5.09. The van der Waals surface area contributed by atoms with Gasteiger partial charge in [-0.25, -0.2) is 4.98 Å². The molecular formula is C22H23N3O2S2. The highest BCUT2D eigenvalue weighted by atomic mass is 32.1. The summed E-state index contributed by atoms with van der Waals surface area (Å²) in [5.74, 6) is 0.166. The standard InChI is InChI=1S/C22H23N3O2S2/c26-20(24-12-9-18-15(14-24)10-13-28-18)7-8-21(27)25-11-3-5-17(25)22-23-16-4-1-2-6-19(16)29-22/h1-2,4,6,10,13,17H,3,5,7-9,11-12,14H2. The predicted molar refractivity (Wildman–Crippen MR) is 116 cm³/mol. The Labute approximate surface area is 178 Å². The number of hydrogen-bond donors (Lipinski definition) is 0. The van der Waals surface area contributed by atoms with E-state index < -0.39 is 0 Å². The molecule has 0 aliphatic carbocycles. The molecule has 2 amide bonds. The molecule has 5 rings (SSSR count). The summed E-state index contributed by atoms with van der Waals surface area (Å²) in [7, 11) is 0. The summed E-state index contributed by atoms with van der Waals surface area (Å²) in [6.07, 6.45) is 3.45. The van der Waals surface area contributed by atoms with Crippen LogP contribution in [0, 0.1) is 0 Å². The van der Waals surface area contributed by atoms with Gasteiger partial charge < -0.3 is 9.80 Å². The number of carbonyl (C=O) groups is 2. The molecule has 5 nitrogen and oxygen atoms in total. The van der Waals surface area contributed by atoms with Crippen molar-refractivity contribution in [2.75, 3.05) is 13.1 Å². The maximum absolute atomic E-state index is 12.9. The number of thiophene rings is 1. The molecule has 1 atom stereocenters. The van der Waals surface area contributed by atoms with Crippen LogP contribution in [0.15, 0.2) is 35.7 Å². The van der Waals surface area contributed by atoms with Gasteiger partial charge in [-0.15, -0.1) is 22.7 Å². The number of benzene rings is 1. The van der Waals surface area contributed by atoms with E-state index in [9.17, 15) is 9.59 Å². The molecule has 4 heterocycles. The molecular weight excluding hydrogens is 402 g/mol. The summed E-state index contributed by atoms with van der Waals surface area (Å²) < 4.78 is 1.16. The van der Waals surface area contributed by atoms with Crippen LogP contribution in [0.3, 0.4) is 0 Å². The second kappa shape index (κ2) is 7.88. The number of fused-ring (bicyclic) bond motifs is 2. The van der Waals surface area contributed by atoms with Crippen LogP contribution < -0.4 is 0 Å². The van der Waals surface area contributed by atoms with Crippen LogP contribution in [-0.2, 0) is 22.6 Å². The third-order valence-electron chi connectivity index (χ3n) is 5.88. The Bertz CT molecular complexity index is 1020. The maximum atomic E-state index is 12.9. The van der Waals surface area contributed by atoms with E-state index in [1.54, 1.807) is 22.7 Å². The molecule has 150 valence electrons. The number of carbonyl (C=O) groups excluding carboxylic acids is 2. The minimum atomic E-state index is 0.0540. The first-order valence-corrected chi connectivity index (χ1v) is 11.9. The van der Waals surface area contributed by atoms with Crippen LogP contribution in [0.4, 0.5) is 0 Å². The Morgan fingerprint density at radius 1 is 1.10 bits per heavy atom. The van der Waals surface area contributed by atoms with Crippen molar-refractivity contribution in [3.63, 3.8) is 0 Å². The quantitative estimate of drug-likeness (QED) is 0.623. The average Bonchev–Trinajstić information content (AvgIpc) is 3.49. The van der Waals surface area contributed by atoms with Gasteiger partial charge in [-0.2, -0.15) is 0 Å². The molecule has 1 fully saturated rings. The van der Waals surface area contributed by atoms with Gasteiger partial charge in [-0.1, -0.05) is 12.1 Å². The maximum Gasteiger partial charge on any atom is 0.223 e. The van der Waals surface area contributed by atoms with Crippen molar-refractivity contribution in [1.82, 2.24) is 14.8 Å². The molecule has 1 saturated heterocycles. The first-order valence-electron chi connectivity index (χ1n) is 10.2. The minimum Gasteiger partial charge on any atom is -0.338 e. The SMILES string of the molecule is O=C(CCC(=O)N1CCCC1c1nc2ccccc2s1)N1CCc2sccc2C1. The Balaban J connectivity index is 1.21. The number of likely N-dealkylation sites (tertiary alicyclic amines) is 1. The van der Waals surface area contributed by atoms with Gasteiger partial charge in [-0.05, 0) is 48.4 Å². The molecule has 3 aromatic rings. The fourth-order valence-electron chi connectivity index (χ4n) is 4.33. The number of para-hydroxylation sites is 1. The van der Waals surface area contributed by atoms with Gasteiger partial charge in [-0.3, -0.25) is 9.59 Å². The second-order valence-electron chi connectivity index (χ2n) is 7.70. The summed E-state index contributed by atoms with van der Waals surface area (Å²) in [4.78, 5) is 35.6. The van der Waals surface area contributed by atoms with Crippen LogP contribution in [0.25, 0.3) is 10.2 Å². The molecule has 29 heavy (non-hydrogen) atoms. The number of nitrogens with zero attached hydrogens (tertiary/aromatic N) is 3. The third kappa shape index (κ3) is 3.69. The zero-order chi connectivity index (χ0) is 19.8. The summed E-state index contributed by atoms with van der Waals surface area (Å²) >= 11 is 3.45. The molecule has 7 heteroatoms. The zero-order valence-corrected chi connectivity index (χ0v) is 17.8. The fraction of sp³-hybridized carbons (Fsp3) is 0.409. The van der Waals surface area contributed by atoms with Crippen LogP contribution in [-0.4, -0.2) is 39.7 Å². The van der Waals surface area contributed by atoms with Gasteiger partial charge in [0.15, 0.2) is 0 Å². The van der Waals surface area contributed by atoms with Crippen molar-refractivity contribution >= 4 is 44.7 Å². The summed E-state index contributed by atoms with van der Waals surface area (Å²) in [5.41, 5.74) is 2.26. The van der Waals surface area contributed by atoms with Crippen LogP contribution in [0.2, 0.25) is 0 Å². The number of rotatable bonds is 4. The van der Waals surface area contributed by atoms with Gasteiger partial charge >= 0.3 is 0 Å². The van der Waals surface area contributed by atoms with Crippen molar-refractivity contribution in [2.45, 2.75) is 44.7 Å². The molecule has 0 spiro atoms. The van der Waals surface area contributed by atoms with Crippen LogP contribution >= 0.6 is 22.7 Å². The molecule has 0 bridgehead atoms. The molecule has 2 aromatic heterocycles. The Morgan fingerprint density at radius 3 is 2.86 bits per heavy atom. The minimum absolute atomic E-state index is 0.0540. The van der Waals surface area contributed by atoms with E-state index in [-0.39, 0.29) is 24.3 Å². The van der Waals surface area contributed by atoms with Gasteiger partial charge in [0.25, 0.3) is 0 Å². The lowest BCUT2D eigenvalue weighted by Crippen LogP contribution is -2.36. The van der Waals surface area contributed by atoms with E-state index in [0.717, 1.165) is 47.6 Å². The molecule has 2 aliphatic heterocycles. The van der Waals surface area contributed by atoms with Crippen molar-refractivity contribution in [3.05, 3.63) is 51.2 Å². The van der Waals surface area contributed by atoms with Crippen molar-refractivity contribution in [2.24, 2.45) is 0 Å². The predicted octanol–water partition coefficient (Wildman–Crippen LogP) is 4.39. The highest BCUT2D eigenvalue weighted by molar-refractivity contribution is 7.18. The lowest BCUT2D eigenvalue weighted by atomic mass is 10.1. The topological polar surface area (TPSA) is 53.5 Å². The zero-order valence-electron chi connectivity index (χ0n) is 16.2. The summed E-state index contributed by atoms with van der Waals surface area (Å²) in [6, 6.07) is 10.3. The first kappa shape index (κ1) is 18.8. The van der Waals surface area contributed by atoms with E-state index in [1.165, 1.54) is 10.4 Å². The van der Waals surface area contributed by atoms with Gasteiger partial charge in [0, 0.05) is 37.4 Å². The number of thiazole rings is 1. The van der Waals surface area contributed by atoms with Crippen molar-refractivity contribution < 1.29 is 9.59 Å². The fourth-order valence-corrected chi connectivity index (χ4v) is 6.34. The summed E-state index contributed by atoms with van der Waals surface area (Å²) in [6.45, 7) is 2.21. The molecule has 0 saturated carbocycles. The van der Waals surface area contributed by atoms with E-state index >= 15 is 0 Å². The highest BCUT2D eigenvalue weighted by Gasteiger charge is 2.32. The first-order chi connectivity index (χ1) is 14.2. The molecule has 1 unspecified atom stereocenters. The van der Waals surface area contributed by atoms with E-state index in [1.807, 2.05) is 28.0 Å². The molecule has 0 radical (unpaired) electrons. The van der Waals surface area contributed by atoms with E-state index in [0.29, 0.717) is 13.0 Å². The number of hydrogen-bond acceptors (Lipinski definition) is 5. The van der Waals surface area contributed by atoms with E-state index in [4.69, 9.17) is 4.98 Å². The van der Waals surface area contributed by atoms with E-state index in [2.05, 4.69) is 17.5 Å².